The summed E-state index contributed by atoms with van der Waals surface area (Å²) >= 11 is 0. The van der Waals surface area contributed by atoms with E-state index in [4.69, 9.17) is 5.73 Å². The fourth-order valence-electron chi connectivity index (χ4n) is 3.06. The molecule has 3 N–H and O–H groups in total. The summed E-state index contributed by atoms with van der Waals surface area (Å²) in [6, 6.07) is 0.134. The van der Waals surface area contributed by atoms with Crippen molar-refractivity contribution in [2.24, 2.45) is 23.0 Å². The molecule has 1 fully saturated rings. The first-order valence-corrected chi connectivity index (χ1v) is 7.37. The molecule has 0 spiro atoms. The average Bonchev–Trinajstić information content (AvgIpc) is 2.26. The molecule has 106 valence electrons. The van der Waals surface area contributed by atoms with Gasteiger partial charge in [-0.1, -0.05) is 40.5 Å². The lowest BCUT2D eigenvalue weighted by atomic mass is 9.68. The number of amides is 1. The first kappa shape index (κ1) is 15.5. The SMILES string of the molecule is CC(C)CC(CN)NC(=O)C1CCCCC1(C)C. The second kappa shape index (κ2) is 6.55. The molecule has 3 nitrogen and oxygen atoms in total. The highest BCUT2D eigenvalue weighted by Gasteiger charge is 2.37. The van der Waals surface area contributed by atoms with Crippen molar-refractivity contribution in [1.29, 1.82) is 0 Å². The molecule has 0 radical (unpaired) electrons. The van der Waals surface area contributed by atoms with Crippen LogP contribution in [0, 0.1) is 17.3 Å². The summed E-state index contributed by atoms with van der Waals surface area (Å²) in [5.74, 6) is 0.946. The van der Waals surface area contributed by atoms with Crippen molar-refractivity contribution in [1.82, 2.24) is 5.32 Å². The van der Waals surface area contributed by atoms with E-state index in [1.54, 1.807) is 0 Å². The molecule has 18 heavy (non-hydrogen) atoms. The lowest BCUT2D eigenvalue weighted by Crippen LogP contribution is -2.47. The zero-order valence-electron chi connectivity index (χ0n) is 12.5. The summed E-state index contributed by atoms with van der Waals surface area (Å²) in [5, 5.41) is 3.16. The maximum atomic E-state index is 12.4. The van der Waals surface area contributed by atoms with Crippen LogP contribution in [0.1, 0.15) is 59.8 Å². The van der Waals surface area contributed by atoms with E-state index in [1.807, 2.05) is 0 Å². The van der Waals surface area contributed by atoms with Gasteiger partial charge in [0.25, 0.3) is 0 Å². The van der Waals surface area contributed by atoms with E-state index in [0.717, 1.165) is 19.3 Å². The third-order valence-electron chi connectivity index (χ3n) is 4.21. The van der Waals surface area contributed by atoms with Gasteiger partial charge in [-0.25, -0.2) is 0 Å². The van der Waals surface area contributed by atoms with E-state index in [9.17, 15) is 4.79 Å². The molecule has 0 aromatic carbocycles. The summed E-state index contributed by atoms with van der Waals surface area (Å²) in [5.41, 5.74) is 5.89. The lowest BCUT2D eigenvalue weighted by Gasteiger charge is -2.38. The van der Waals surface area contributed by atoms with E-state index >= 15 is 0 Å². The van der Waals surface area contributed by atoms with Gasteiger partial charge in [0.2, 0.25) is 5.91 Å². The summed E-state index contributed by atoms with van der Waals surface area (Å²) in [6.07, 6.45) is 5.58. The maximum absolute atomic E-state index is 12.4. The van der Waals surface area contributed by atoms with Crippen LogP contribution in [0.25, 0.3) is 0 Å². The Balaban J connectivity index is 2.57. The second-order valence-corrected chi connectivity index (χ2v) is 6.86. The molecule has 3 heteroatoms. The molecular weight excluding hydrogens is 224 g/mol. The van der Waals surface area contributed by atoms with Crippen LogP contribution in [0.3, 0.4) is 0 Å². The first-order valence-electron chi connectivity index (χ1n) is 7.37. The topological polar surface area (TPSA) is 55.1 Å². The van der Waals surface area contributed by atoms with Crippen LogP contribution >= 0.6 is 0 Å². The minimum absolute atomic E-state index is 0.134. The van der Waals surface area contributed by atoms with Gasteiger partial charge in [0.15, 0.2) is 0 Å². The molecule has 1 saturated carbocycles. The van der Waals surface area contributed by atoms with Crippen molar-refractivity contribution in [3.8, 4) is 0 Å². The Morgan fingerprint density at radius 1 is 1.39 bits per heavy atom. The average molecular weight is 254 g/mol. The van der Waals surface area contributed by atoms with Crippen LogP contribution in [0.15, 0.2) is 0 Å². The minimum Gasteiger partial charge on any atom is -0.352 e. The number of carbonyl (C=O) groups is 1. The van der Waals surface area contributed by atoms with Gasteiger partial charge in [-0.15, -0.1) is 0 Å². The molecule has 2 atom stereocenters. The number of hydrogen-bond donors (Lipinski definition) is 2. The van der Waals surface area contributed by atoms with Crippen molar-refractivity contribution in [3.63, 3.8) is 0 Å². The van der Waals surface area contributed by atoms with Crippen LogP contribution in [0.4, 0.5) is 0 Å². The van der Waals surface area contributed by atoms with Crippen LogP contribution in [-0.2, 0) is 4.79 Å². The second-order valence-electron chi connectivity index (χ2n) is 6.86. The number of nitrogens with two attached hydrogens (primary N) is 1. The van der Waals surface area contributed by atoms with Gasteiger partial charge >= 0.3 is 0 Å². The van der Waals surface area contributed by atoms with Crippen LogP contribution in [-0.4, -0.2) is 18.5 Å². The predicted octanol–water partition coefficient (Wildman–Crippen LogP) is 2.69. The maximum Gasteiger partial charge on any atom is 0.223 e. The van der Waals surface area contributed by atoms with Gasteiger partial charge < -0.3 is 11.1 Å². The molecule has 0 saturated heterocycles. The van der Waals surface area contributed by atoms with E-state index < -0.39 is 0 Å². The van der Waals surface area contributed by atoms with E-state index in [1.165, 1.54) is 12.8 Å². The fraction of sp³-hybridized carbons (Fsp3) is 0.933. The Morgan fingerprint density at radius 2 is 2.06 bits per heavy atom. The van der Waals surface area contributed by atoms with E-state index in [-0.39, 0.29) is 23.3 Å². The van der Waals surface area contributed by atoms with Gasteiger partial charge in [-0.3, -0.25) is 4.79 Å². The zero-order chi connectivity index (χ0) is 13.8. The van der Waals surface area contributed by atoms with E-state index in [2.05, 4.69) is 33.0 Å². The Bertz CT molecular complexity index is 274. The standard InChI is InChI=1S/C15H30N2O/c1-11(2)9-12(10-16)17-14(18)13-7-5-6-8-15(13,3)4/h11-13H,5-10,16H2,1-4H3,(H,17,18). The van der Waals surface area contributed by atoms with Crippen LogP contribution < -0.4 is 11.1 Å². The van der Waals surface area contributed by atoms with Crippen molar-refractivity contribution in [2.45, 2.75) is 65.8 Å². The normalized spacial score (nSPS) is 24.9. The van der Waals surface area contributed by atoms with Crippen LogP contribution in [0.2, 0.25) is 0 Å². The summed E-state index contributed by atoms with van der Waals surface area (Å²) < 4.78 is 0. The predicted molar refractivity (Wildman–Crippen MR) is 76.2 cm³/mol. The smallest absolute Gasteiger partial charge is 0.223 e. The van der Waals surface area contributed by atoms with Crippen molar-refractivity contribution in [2.75, 3.05) is 6.54 Å². The largest absolute Gasteiger partial charge is 0.352 e. The van der Waals surface area contributed by atoms with Gasteiger partial charge in [0.1, 0.15) is 0 Å². The molecule has 0 aromatic heterocycles. The van der Waals surface area contributed by atoms with Crippen molar-refractivity contribution < 1.29 is 4.79 Å². The summed E-state index contributed by atoms with van der Waals surface area (Å²) in [6.45, 7) is 9.31. The molecule has 2 unspecified atom stereocenters. The Kier molecular flexibility index (Phi) is 5.64. The van der Waals surface area contributed by atoms with Gasteiger partial charge in [-0.2, -0.15) is 0 Å². The molecule has 0 bridgehead atoms. The zero-order valence-corrected chi connectivity index (χ0v) is 12.5. The molecule has 1 aliphatic carbocycles. The van der Waals surface area contributed by atoms with Crippen LogP contribution in [0.5, 0.6) is 0 Å². The third kappa shape index (κ3) is 4.27. The van der Waals surface area contributed by atoms with E-state index in [0.29, 0.717) is 12.5 Å². The minimum atomic E-state index is 0.134. The first-order chi connectivity index (χ1) is 8.36. The third-order valence-corrected chi connectivity index (χ3v) is 4.21. The Labute approximate surface area is 112 Å². The van der Waals surface area contributed by atoms with Gasteiger partial charge in [0.05, 0.1) is 0 Å². The number of rotatable bonds is 5. The monoisotopic (exact) mass is 254 g/mol. The molecule has 1 rings (SSSR count). The highest BCUT2D eigenvalue weighted by atomic mass is 16.2. The lowest BCUT2D eigenvalue weighted by molar-refractivity contribution is -0.131. The summed E-state index contributed by atoms with van der Waals surface area (Å²) in [7, 11) is 0. The molecular formula is C15H30N2O. The Hall–Kier alpha value is -0.570. The molecule has 0 aromatic rings. The highest BCUT2D eigenvalue weighted by Crippen LogP contribution is 2.40. The summed E-state index contributed by atoms with van der Waals surface area (Å²) in [4.78, 5) is 12.4. The molecule has 0 aliphatic heterocycles. The fourth-order valence-corrected chi connectivity index (χ4v) is 3.06. The molecule has 1 amide bonds. The number of nitrogens with one attached hydrogen (secondary N) is 1. The highest BCUT2D eigenvalue weighted by molar-refractivity contribution is 5.79. The van der Waals surface area contributed by atoms with Gasteiger partial charge in [-0.05, 0) is 30.6 Å². The van der Waals surface area contributed by atoms with Gasteiger partial charge in [0, 0.05) is 18.5 Å². The molecule has 1 aliphatic rings. The van der Waals surface area contributed by atoms with Crippen molar-refractivity contribution >= 4 is 5.91 Å². The number of hydrogen-bond acceptors (Lipinski definition) is 2. The van der Waals surface area contributed by atoms with Crippen molar-refractivity contribution in [3.05, 3.63) is 0 Å². The Morgan fingerprint density at radius 3 is 2.56 bits per heavy atom. The molecule has 0 heterocycles. The quantitative estimate of drug-likeness (QED) is 0.792. The number of carbonyl (C=O) groups excluding carboxylic acids is 1.